The molecule has 0 unspecified atom stereocenters. The predicted molar refractivity (Wildman–Crippen MR) is 53.1 cm³/mol. The monoisotopic (exact) mass is 219 g/mol. The summed E-state index contributed by atoms with van der Waals surface area (Å²) in [6.07, 6.45) is -2.41. The summed E-state index contributed by atoms with van der Waals surface area (Å²) in [5, 5.41) is 13.2. The van der Waals surface area contributed by atoms with E-state index in [1.54, 1.807) is 21.0 Å². The highest BCUT2D eigenvalue weighted by molar-refractivity contribution is 5.49. The minimum absolute atomic E-state index is 0.192. The molecule has 0 fully saturated rings. The molecule has 0 bridgehead atoms. The number of rotatable bonds is 4. The number of aromatic nitrogens is 2. The van der Waals surface area contributed by atoms with Crippen LogP contribution in [0.25, 0.3) is 0 Å². The van der Waals surface area contributed by atoms with Gasteiger partial charge in [0.05, 0.1) is 18.8 Å². The third-order valence-corrected chi connectivity index (χ3v) is 2.24. The van der Waals surface area contributed by atoms with Crippen molar-refractivity contribution in [1.82, 2.24) is 9.78 Å². The van der Waals surface area contributed by atoms with Crippen molar-refractivity contribution in [2.75, 3.05) is 18.5 Å². The molecule has 1 heterocycles. The van der Waals surface area contributed by atoms with Crippen molar-refractivity contribution in [2.24, 2.45) is 7.05 Å². The van der Waals surface area contributed by atoms with E-state index in [9.17, 15) is 8.78 Å². The maximum absolute atomic E-state index is 12.2. The van der Waals surface area contributed by atoms with Crippen LogP contribution in [0.4, 0.5) is 14.6 Å². The maximum Gasteiger partial charge on any atom is 0.255 e. The van der Waals surface area contributed by atoms with Gasteiger partial charge in [0.2, 0.25) is 0 Å². The fourth-order valence-electron chi connectivity index (χ4n) is 1.65. The van der Waals surface area contributed by atoms with Crippen molar-refractivity contribution < 1.29 is 13.9 Å². The van der Waals surface area contributed by atoms with Gasteiger partial charge in [0.25, 0.3) is 6.43 Å². The zero-order valence-corrected chi connectivity index (χ0v) is 9.04. The number of hydrogen-bond acceptors (Lipinski definition) is 3. The van der Waals surface area contributed by atoms with E-state index in [4.69, 9.17) is 5.11 Å². The van der Waals surface area contributed by atoms with E-state index in [1.165, 1.54) is 9.58 Å². The lowest BCUT2D eigenvalue weighted by Crippen LogP contribution is -2.27. The van der Waals surface area contributed by atoms with Crippen LogP contribution in [-0.2, 0) is 13.7 Å². The Morgan fingerprint density at radius 1 is 1.53 bits per heavy atom. The minimum Gasteiger partial charge on any atom is -0.391 e. The highest BCUT2D eigenvalue weighted by Gasteiger charge is 2.18. The van der Waals surface area contributed by atoms with Gasteiger partial charge in [0.1, 0.15) is 5.82 Å². The van der Waals surface area contributed by atoms with Crippen molar-refractivity contribution in [2.45, 2.75) is 20.0 Å². The largest absolute Gasteiger partial charge is 0.391 e. The summed E-state index contributed by atoms with van der Waals surface area (Å²) in [5.41, 5.74) is 1.26. The lowest BCUT2D eigenvalue weighted by Gasteiger charge is -2.19. The van der Waals surface area contributed by atoms with Crippen LogP contribution in [0.5, 0.6) is 0 Å². The number of anilines is 1. The van der Waals surface area contributed by atoms with E-state index in [0.29, 0.717) is 17.1 Å². The van der Waals surface area contributed by atoms with Crippen LogP contribution in [0.3, 0.4) is 0 Å². The smallest absolute Gasteiger partial charge is 0.255 e. The van der Waals surface area contributed by atoms with E-state index in [2.05, 4.69) is 5.10 Å². The first-order valence-electron chi connectivity index (χ1n) is 4.60. The highest BCUT2D eigenvalue weighted by atomic mass is 19.3. The van der Waals surface area contributed by atoms with Crippen molar-refractivity contribution in [3.05, 3.63) is 11.3 Å². The fraction of sp³-hybridized carbons (Fsp3) is 0.667. The standard InChI is InChI=1S/C9H15F2N3O/c1-6-7(5-15)9(14(3)12-6)13(2)4-8(10)11/h8,15H,4-5H2,1-3H3. The second-order valence-electron chi connectivity index (χ2n) is 3.44. The number of nitrogens with zero attached hydrogens (tertiary/aromatic N) is 3. The summed E-state index contributed by atoms with van der Waals surface area (Å²) in [5.74, 6) is 0.537. The molecule has 1 aromatic heterocycles. The molecule has 1 rings (SSSR count). The first-order valence-corrected chi connectivity index (χ1v) is 4.60. The minimum atomic E-state index is -2.41. The molecule has 0 aliphatic carbocycles. The molecule has 0 atom stereocenters. The number of aliphatic hydroxyl groups is 1. The molecule has 0 aromatic carbocycles. The molecule has 1 aromatic rings. The van der Waals surface area contributed by atoms with Gasteiger partial charge < -0.3 is 10.0 Å². The molecule has 0 radical (unpaired) electrons. The molecule has 15 heavy (non-hydrogen) atoms. The van der Waals surface area contributed by atoms with E-state index in [-0.39, 0.29) is 13.2 Å². The molecular formula is C9H15F2N3O. The fourth-order valence-corrected chi connectivity index (χ4v) is 1.65. The number of aliphatic hydroxyl groups excluding tert-OH is 1. The van der Waals surface area contributed by atoms with Crippen LogP contribution >= 0.6 is 0 Å². The van der Waals surface area contributed by atoms with Gasteiger partial charge in [0.15, 0.2) is 0 Å². The predicted octanol–water partition coefficient (Wildman–Crippen LogP) is 0.922. The average Bonchev–Trinajstić information content (AvgIpc) is 2.38. The molecule has 0 aliphatic heterocycles. The molecule has 0 saturated heterocycles. The summed E-state index contributed by atoms with van der Waals surface area (Å²) in [4.78, 5) is 1.40. The molecule has 0 aliphatic rings. The number of alkyl halides is 2. The molecular weight excluding hydrogens is 204 g/mol. The van der Waals surface area contributed by atoms with Crippen LogP contribution in [0, 0.1) is 6.92 Å². The normalized spacial score (nSPS) is 11.1. The maximum atomic E-state index is 12.2. The van der Waals surface area contributed by atoms with Crippen molar-refractivity contribution in [3.8, 4) is 0 Å². The molecule has 0 saturated carbocycles. The Kier molecular flexibility index (Phi) is 3.62. The highest BCUT2D eigenvalue weighted by Crippen LogP contribution is 2.22. The first kappa shape index (κ1) is 11.9. The summed E-state index contributed by atoms with van der Waals surface area (Å²) in [7, 11) is 3.23. The number of hydrogen-bond donors (Lipinski definition) is 1. The summed E-state index contributed by atoms with van der Waals surface area (Å²) >= 11 is 0. The van der Waals surface area contributed by atoms with Gasteiger partial charge in [-0.2, -0.15) is 5.10 Å². The Labute approximate surface area is 87.1 Å². The lowest BCUT2D eigenvalue weighted by atomic mass is 10.2. The first-order chi connectivity index (χ1) is 6.97. The van der Waals surface area contributed by atoms with Crippen LogP contribution in [0.1, 0.15) is 11.3 Å². The number of aryl methyl sites for hydroxylation is 2. The van der Waals surface area contributed by atoms with Gasteiger partial charge in [-0.15, -0.1) is 0 Å². The van der Waals surface area contributed by atoms with Gasteiger partial charge in [0, 0.05) is 19.7 Å². The van der Waals surface area contributed by atoms with Gasteiger partial charge in [-0.3, -0.25) is 4.68 Å². The average molecular weight is 219 g/mol. The van der Waals surface area contributed by atoms with E-state index in [1.807, 2.05) is 0 Å². The van der Waals surface area contributed by atoms with E-state index < -0.39 is 6.43 Å². The molecule has 86 valence electrons. The van der Waals surface area contributed by atoms with Crippen LogP contribution in [0.2, 0.25) is 0 Å². The lowest BCUT2D eigenvalue weighted by molar-refractivity contribution is 0.156. The summed E-state index contributed by atoms with van der Waals surface area (Å²) in [6.45, 7) is 1.18. The van der Waals surface area contributed by atoms with Gasteiger partial charge in [-0.25, -0.2) is 8.78 Å². The van der Waals surface area contributed by atoms with Crippen molar-refractivity contribution in [1.29, 1.82) is 0 Å². The Morgan fingerprint density at radius 2 is 2.13 bits per heavy atom. The second kappa shape index (κ2) is 4.57. The zero-order valence-electron chi connectivity index (χ0n) is 9.04. The zero-order chi connectivity index (χ0) is 11.6. The molecule has 0 spiro atoms. The molecule has 6 heteroatoms. The van der Waals surface area contributed by atoms with Gasteiger partial charge >= 0.3 is 0 Å². The van der Waals surface area contributed by atoms with Crippen LogP contribution < -0.4 is 4.90 Å². The van der Waals surface area contributed by atoms with Crippen LogP contribution in [-0.4, -0.2) is 34.9 Å². The Morgan fingerprint density at radius 3 is 2.60 bits per heavy atom. The second-order valence-corrected chi connectivity index (χ2v) is 3.44. The third-order valence-electron chi connectivity index (χ3n) is 2.24. The van der Waals surface area contributed by atoms with Crippen molar-refractivity contribution in [3.63, 3.8) is 0 Å². The Balaban J connectivity index is 3.01. The quantitative estimate of drug-likeness (QED) is 0.818. The topological polar surface area (TPSA) is 41.3 Å². The number of halogens is 2. The SMILES string of the molecule is Cc1nn(C)c(N(C)CC(F)F)c1CO. The molecule has 4 nitrogen and oxygen atoms in total. The van der Waals surface area contributed by atoms with E-state index in [0.717, 1.165) is 0 Å². The van der Waals surface area contributed by atoms with Crippen molar-refractivity contribution >= 4 is 5.82 Å². The van der Waals surface area contributed by atoms with Gasteiger partial charge in [-0.1, -0.05) is 0 Å². The summed E-state index contributed by atoms with van der Waals surface area (Å²) in [6, 6.07) is 0. The molecule has 0 amide bonds. The Bertz CT molecular complexity index is 338. The summed E-state index contributed by atoms with van der Waals surface area (Å²) < 4.78 is 25.9. The van der Waals surface area contributed by atoms with E-state index >= 15 is 0 Å². The van der Waals surface area contributed by atoms with Gasteiger partial charge in [-0.05, 0) is 6.92 Å². The van der Waals surface area contributed by atoms with Crippen LogP contribution in [0.15, 0.2) is 0 Å². The molecule has 1 N–H and O–H groups in total. The third kappa shape index (κ3) is 2.44. The Hall–Kier alpha value is -1.17.